The van der Waals surface area contributed by atoms with Gasteiger partial charge in [0, 0.05) is 49.0 Å². The number of amides is 1. The predicted molar refractivity (Wildman–Crippen MR) is 183 cm³/mol. The van der Waals surface area contributed by atoms with Gasteiger partial charge >= 0.3 is 0 Å². The van der Waals surface area contributed by atoms with Crippen molar-refractivity contribution < 1.29 is 18.0 Å². The third-order valence-corrected chi connectivity index (χ3v) is 8.66. The summed E-state index contributed by atoms with van der Waals surface area (Å²) in [7, 11) is 4.28. The summed E-state index contributed by atoms with van der Waals surface area (Å²) in [6.07, 6.45) is 9.07. The molecule has 0 spiro atoms. The first kappa shape index (κ1) is 33.3. The number of anilines is 3. The number of hydrogen-bond acceptors (Lipinski definition) is 8. The Labute approximate surface area is 280 Å². The van der Waals surface area contributed by atoms with Crippen molar-refractivity contribution in [3.63, 3.8) is 0 Å². The van der Waals surface area contributed by atoms with Gasteiger partial charge in [0.2, 0.25) is 5.95 Å². The van der Waals surface area contributed by atoms with Gasteiger partial charge in [0.15, 0.2) is 11.6 Å². The molecule has 252 valence electrons. The van der Waals surface area contributed by atoms with Crippen molar-refractivity contribution in [3.05, 3.63) is 124 Å². The second-order valence-corrected chi connectivity index (χ2v) is 12.0. The number of nitrogens with one attached hydrogen (secondary N) is 2. The van der Waals surface area contributed by atoms with Gasteiger partial charge in [-0.25, -0.2) is 28.1 Å². The van der Waals surface area contributed by atoms with Crippen LogP contribution in [0, 0.1) is 17.5 Å². The van der Waals surface area contributed by atoms with Gasteiger partial charge < -0.3 is 20.4 Å². The fraction of sp³-hybridized carbons (Fsp3) is 0.250. The van der Waals surface area contributed by atoms with Crippen molar-refractivity contribution >= 4 is 40.2 Å². The number of fused-ring (bicyclic) bond motifs is 1. The Morgan fingerprint density at radius 1 is 1.02 bits per heavy atom. The zero-order valence-electron chi connectivity index (χ0n) is 27.0. The number of hydrogen-bond donors (Lipinski definition) is 2. The highest BCUT2D eigenvalue weighted by atomic mass is 19.2. The first-order valence-electron chi connectivity index (χ1n) is 15.8. The van der Waals surface area contributed by atoms with E-state index in [-0.39, 0.29) is 29.6 Å². The van der Waals surface area contributed by atoms with Crippen LogP contribution in [-0.4, -0.2) is 70.1 Å². The average Bonchev–Trinajstić information content (AvgIpc) is 3.10. The average molecular weight is 669 g/mol. The van der Waals surface area contributed by atoms with E-state index in [1.165, 1.54) is 24.7 Å². The van der Waals surface area contributed by atoms with E-state index in [4.69, 9.17) is 0 Å². The topological polar surface area (TPSA) is 108 Å². The predicted octanol–water partition coefficient (Wildman–Crippen LogP) is 5.37. The molecule has 1 saturated heterocycles. The van der Waals surface area contributed by atoms with E-state index in [0.717, 1.165) is 60.2 Å². The smallest absolute Gasteiger partial charge is 0.266 e. The molecule has 1 aliphatic heterocycles. The van der Waals surface area contributed by atoms with Crippen LogP contribution in [0.1, 0.15) is 34.3 Å². The van der Waals surface area contributed by atoms with E-state index in [1.807, 2.05) is 12.1 Å². The molecule has 3 heterocycles. The van der Waals surface area contributed by atoms with Gasteiger partial charge in [-0.05, 0) is 87.1 Å². The van der Waals surface area contributed by atoms with Crippen molar-refractivity contribution in [2.75, 3.05) is 43.9 Å². The minimum absolute atomic E-state index is 0.000241. The molecular weight excluding hydrogens is 633 g/mol. The molecule has 6 rings (SSSR count). The summed E-state index contributed by atoms with van der Waals surface area (Å²) >= 11 is 0. The first-order valence-corrected chi connectivity index (χ1v) is 15.8. The second kappa shape index (κ2) is 14.7. The lowest BCUT2D eigenvalue weighted by atomic mass is 10.0. The minimum Gasteiger partial charge on any atom is -0.372 e. The second-order valence-electron chi connectivity index (χ2n) is 12.0. The maximum Gasteiger partial charge on any atom is 0.266 e. The lowest BCUT2D eigenvalue weighted by Crippen LogP contribution is -2.41. The van der Waals surface area contributed by atoms with Gasteiger partial charge in [0.05, 0.1) is 23.8 Å². The molecule has 13 heteroatoms. The van der Waals surface area contributed by atoms with Gasteiger partial charge in [0.1, 0.15) is 11.4 Å². The van der Waals surface area contributed by atoms with Crippen LogP contribution in [0.25, 0.3) is 17.0 Å². The number of benzene rings is 3. The number of likely N-dealkylation sites (tertiary alicyclic amines) is 1. The molecule has 3 aromatic carbocycles. The van der Waals surface area contributed by atoms with Crippen molar-refractivity contribution in [3.8, 4) is 0 Å². The molecule has 1 fully saturated rings. The Morgan fingerprint density at radius 3 is 2.55 bits per heavy atom. The van der Waals surface area contributed by atoms with E-state index in [0.29, 0.717) is 23.1 Å². The molecule has 1 amide bonds. The van der Waals surface area contributed by atoms with E-state index >= 15 is 4.39 Å². The molecule has 0 atom stereocenters. The maximum absolute atomic E-state index is 15.4. The maximum atomic E-state index is 15.4. The van der Waals surface area contributed by atoms with Crippen molar-refractivity contribution in [2.24, 2.45) is 0 Å². The summed E-state index contributed by atoms with van der Waals surface area (Å²) in [6.45, 7) is 2.09. The zero-order chi connectivity index (χ0) is 34.5. The summed E-state index contributed by atoms with van der Waals surface area (Å²) in [4.78, 5) is 42.9. The van der Waals surface area contributed by atoms with Crippen LogP contribution >= 0.6 is 0 Å². The van der Waals surface area contributed by atoms with Crippen LogP contribution in [0.3, 0.4) is 0 Å². The molecule has 0 radical (unpaired) electrons. The van der Waals surface area contributed by atoms with E-state index in [1.54, 1.807) is 18.2 Å². The molecule has 10 nitrogen and oxygen atoms in total. The highest BCUT2D eigenvalue weighted by Crippen LogP contribution is 2.26. The van der Waals surface area contributed by atoms with Crippen LogP contribution in [0.2, 0.25) is 0 Å². The molecule has 0 unspecified atom stereocenters. The Hall–Kier alpha value is -5.56. The Kier molecular flexibility index (Phi) is 10.00. The van der Waals surface area contributed by atoms with Gasteiger partial charge in [0.25, 0.3) is 11.5 Å². The number of nitrogens with zero attached hydrogens (tertiary/aromatic N) is 6. The molecule has 1 aliphatic rings. The molecule has 49 heavy (non-hydrogen) atoms. The molecule has 5 aromatic rings. The lowest BCUT2D eigenvalue weighted by molar-refractivity contribution is 0.0955. The molecular formula is C36H35F3N8O2. The highest BCUT2D eigenvalue weighted by Gasteiger charge is 2.21. The van der Waals surface area contributed by atoms with Crippen LogP contribution < -0.4 is 21.1 Å². The number of carbonyl (C=O) groups is 1. The van der Waals surface area contributed by atoms with Crippen LogP contribution in [0.4, 0.5) is 30.5 Å². The summed E-state index contributed by atoms with van der Waals surface area (Å²) in [5, 5.41) is 6.01. The normalized spacial score (nSPS) is 14.0. The fourth-order valence-corrected chi connectivity index (χ4v) is 5.77. The zero-order valence-corrected chi connectivity index (χ0v) is 27.0. The molecule has 2 aromatic heterocycles. The Morgan fingerprint density at radius 2 is 1.80 bits per heavy atom. The quantitative estimate of drug-likeness (QED) is 0.205. The Bertz CT molecular complexity index is 2060. The van der Waals surface area contributed by atoms with Crippen molar-refractivity contribution in [1.29, 1.82) is 0 Å². The summed E-state index contributed by atoms with van der Waals surface area (Å²) in [5.41, 5.74) is 2.10. The summed E-state index contributed by atoms with van der Waals surface area (Å²) < 4.78 is 43.3. The summed E-state index contributed by atoms with van der Waals surface area (Å²) in [5.74, 6) is -2.90. The fourth-order valence-electron chi connectivity index (χ4n) is 5.77. The highest BCUT2D eigenvalue weighted by molar-refractivity contribution is 5.93. The van der Waals surface area contributed by atoms with Gasteiger partial charge in [-0.3, -0.25) is 14.2 Å². The van der Waals surface area contributed by atoms with Crippen LogP contribution in [0.15, 0.2) is 84.2 Å². The summed E-state index contributed by atoms with van der Waals surface area (Å²) in [6, 6.07) is 15.1. The van der Waals surface area contributed by atoms with Crippen molar-refractivity contribution in [1.82, 2.24) is 29.7 Å². The minimum atomic E-state index is -1.04. The third-order valence-electron chi connectivity index (χ3n) is 8.66. The van der Waals surface area contributed by atoms with Crippen LogP contribution in [0.5, 0.6) is 0 Å². The monoisotopic (exact) mass is 668 g/mol. The molecule has 0 saturated carbocycles. The Balaban J connectivity index is 1.05. The third kappa shape index (κ3) is 7.78. The number of rotatable bonds is 10. The van der Waals surface area contributed by atoms with Crippen LogP contribution in [-0.2, 0) is 6.54 Å². The van der Waals surface area contributed by atoms with E-state index in [2.05, 4.69) is 61.6 Å². The van der Waals surface area contributed by atoms with E-state index < -0.39 is 28.9 Å². The molecule has 0 aliphatic carbocycles. The number of halogens is 3. The van der Waals surface area contributed by atoms with Crippen molar-refractivity contribution in [2.45, 2.75) is 25.4 Å². The van der Waals surface area contributed by atoms with Gasteiger partial charge in [-0.15, -0.1) is 0 Å². The first-order chi connectivity index (χ1) is 23.7. The molecule has 0 bridgehead atoms. The number of aromatic nitrogens is 4. The number of carbonyl (C=O) groups excluding carboxylic acids is 1. The van der Waals surface area contributed by atoms with Gasteiger partial charge in [-0.2, -0.15) is 0 Å². The lowest BCUT2D eigenvalue weighted by Gasteiger charge is -2.36. The molecule has 2 N–H and O–H groups in total. The number of piperidine rings is 1. The SMILES string of the molecule is CN1CCC(N(C)c2ccc(Nc3ncc4c(F)c(/C=C/CNC(=O)c5cncn(Cc6ccc(F)c(F)c6)c5=O)ccc4n3)cc2)CC1. The van der Waals surface area contributed by atoms with E-state index in [9.17, 15) is 18.4 Å². The largest absolute Gasteiger partial charge is 0.372 e. The standard InChI is InChI=1S/C36H35F3N8O2/c1-45-16-13-27(14-17-45)46(2)26-9-7-25(8-10-26)43-36-42-20-28-32(44-36)12-6-24(33(28)39)4-3-15-41-34(48)29-19-40-22-47(35(29)49)21-23-5-11-30(37)31(38)18-23/h3-12,18-20,22,27H,13-17,21H2,1-2H3,(H,41,48)(H,42,43,44)/b4-3+. The van der Waals surface area contributed by atoms with Gasteiger partial charge in [-0.1, -0.05) is 18.2 Å².